The second kappa shape index (κ2) is 2.80. The van der Waals surface area contributed by atoms with Gasteiger partial charge >= 0.3 is 0 Å². The lowest BCUT2D eigenvalue weighted by Gasteiger charge is -2.08. The zero-order chi connectivity index (χ0) is 10.3. The van der Waals surface area contributed by atoms with Crippen molar-refractivity contribution < 1.29 is 0 Å². The van der Waals surface area contributed by atoms with Crippen molar-refractivity contribution in [1.29, 1.82) is 0 Å². The molecular weight excluding hydrogens is 180 g/mol. The van der Waals surface area contributed by atoms with E-state index in [1.165, 1.54) is 4.57 Å². The van der Waals surface area contributed by atoms with Crippen LogP contribution in [0.5, 0.6) is 0 Å². The van der Waals surface area contributed by atoms with E-state index in [2.05, 4.69) is 22.1 Å². The first kappa shape index (κ1) is 8.68. The summed E-state index contributed by atoms with van der Waals surface area (Å²) in [6.07, 6.45) is 1.71. The van der Waals surface area contributed by atoms with Gasteiger partial charge in [0.2, 0.25) is 0 Å². The van der Waals surface area contributed by atoms with E-state index in [4.69, 9.17) is 0 Å². The van der Waals surface area contributed by atoms with Gasteiger partial charge in [-0.05, 0) is 13.0 Å². The molecule has 0 aliphatic carbocycles. The summed E-state index contributed by atoms with van der Waals surface area (Å²) in [4.78, 5) is 15.8. The van der Waals surface area contributed by atoms with Crippen molar-refractivity contribution in [2.45, 2.75) is 6.92 Å². The molecule has 2 rings (SSSR count). The molecule has 14 heavy (non-hydrogen) atoms. The van der Waals surface area contributed by atoms with Crippen LogP contribution in [0.3, 0.4) is 0 Å². The van der Waals surface area contributed by atoms with Crippen LogP contribution in [0.1, 0.15) is 6.92 Å². The van der Waals surface area contributed by atoms with Crippen molar-refractivity contribution >= 4 is 24.2 Å². The first-order chi connectivity index (χ1) is 6.59. The standard InChI is InChI=1S/C9H10N4O/c1-5-4-7-8(12-11-5)10-6(2)13(3)9(7)14/h4H,2H2,1,3H3,(H,10,12). The minimum atomic E-state index is -0.109. The maximum atomic E-state index is 11.7. The normalized spacial score (nSPS) is 13.7. The van der Waals surface area contributed by atoms with Crippen molar-refractivity contribution in [3.63, 3.8) is 0 Å². The van der Waals surface area contributed by atoms with Crippen LogP contribution in [0, 0.1) is 0 Å². The van der Waals surface area contributed by atoms with Gasteiger partial charge < -0.3 is 0 Å². The summed E-state index contributed by atoms with van der Waals surface area (Å²) in [5.74, 6) is 0.476. The molecule has 0 aromatic carbocycles. The number of nitrogens with one attached hydrogen (secondary N) is 1. The van der Waals surface area contributed by atoms with Gasteiger partial charge in [0.05, 0.1) is 10.9 Å². The number of rotatable bonds is 0. The molecule has 72 valence electrons. The smallest absolute Gasteiger partial charge is 0.263 e. The summed E-state index contributed by atoms with van der Waals surface area (Å²) < 4.78 is 1.41. The van der Waals surface area contributed by atoms with Crippen LogP contribution < -0.4 is 21.7 Å². The van der Waals surface area contributed by atoms with Crippen LogP contribution in [0.15, 0.2) is 9.90 Å². The Morgan fingerprint density at radius 1 is 1.57 bits per heavy atom. The van der Waals surface area contributed by atoms with Gasteiger partial charge in [0, 0.05) is 7.05 Å². The molecular formula is C9H10N4O. The summed E-state index contributed by atoms with van der Waals surface area (Å²) in [5, 5.41) is 4.49. The molecule has 0 saturated carbocycles. The molecule has 0 atom stereocenters. The fourth-order valence-electron chi connectivity index (χ4n) is 1.26. The van der Waals surface area contributed by atoms with Crippen molar-refractivity contribution in [1.82, 2.24) is 9.55 Å². The van der Waals surface area contributed by atoms with Crippen LogP contribution >= 0.6 is 0 Å². The average molecular weight is 190 g/mol. The lowest BCUT2D eigenvalue weighted by atomic mass is 10.3. The van der Waals surface area contributed by atoms with Crippen LogP contribution in [0.4, 0.5) is 5.82 Å². The van der Waals surface area contributed by atoms with E-state index in [0.29, 0.717) is 16.5 Å². The summed E-state index contributed by atoms with van der Waals surface area (Å²) in [6, 6.07) is 0. The van der Waals surface area contributed by atoms with Gasteiger partial charge in [-0.15, -0.1) is 0 Å². The highest BCUT2D eigenvalue weighted by Gasteiger charge is 2.07. The molecule has 1 aromatic heterocycles. The lowest BCUT2D eigenvalue weighted by Crippen LogP contribution is -2.45. The Kier molecular flexibility index (Phi) is 1.73. The Morgan fingerprint density at radius 3 is 3.00 bits per heavy atom. The molecule has 1 N–H and O–H groups in total. The zero-order valence-electron chi connectivity index (χ0n) is 8.03. The van der Waals surface area contributed by atoms with E-state index < -0.39 is 0 Å². The second-order valence-electron chi connectivity index (χ2n) is 3.16. The van der Waals surface area contributed by atoms with Gasteiger partial charge in [-0.3, -0.25) is 14.8 Å². The monoisotopic (exact) mass is 190 g/mol. The molecule has 1 aliphatic rings. The molecule has 0 fully saturated rings. The Hall–Kier alpha value is -1.91. The number of aromatic nitrogens is 2. The highest BCUT2D eigenvalue weighted by molar-refractivity contribution is 6.10. The number of fused-ring (bicyclic) bond motifs is 1. The summed E-state index contributed by atoms with van der Waals surface area (Å²) in [7, 11) is 1.65. The maximum absolute atomic E-state index is 11.7. The molecule has 0 radical (unpaired) electrons. The van der Waals surface area contributed by atoms with Gasteiger partial charge in [-0.1, -0.05) is 6.58 Å². The zero-order valence-corrected chi connectivity index (χ0v) is 8.03. The van der Waals surface area contributed by atoms with E-state index >= 15 is 0 Å². The SMILES string of the molecule is C=c1nc2c(c(=O)n1C)=CC(C)=NN2. The van der Waals surface area contributed by atoms with Crippen molar-refractivity contribution in [3.8, 4) is 0 Å². The average Bonchev–Trinajstić information content (AvgIpc) is 2.16. The van der Waals surface area contributed by atoms with E-state index in [1.54, 1.807) is 13.1 Å². The van der Waals surface area contributed by atoms with Crippen molar-refractivity contribution in [2.24, 2.45) is 12.1 Å². The minimum absolute atomic E-state index is 0.109. The Labute approximate surface area is 80.1 Å². The van der Waals surface area contributed by atoms with Crippen LogP contribution in [-0.2, 0) is 7.05 Å². The minimum Gasteiger partial charge on any atom is -0.296 e. The van der Waals surface area contributed by atoms with Crippen LogP contribution in [0.2, 0.25) is 0 Å². The van der Waals surface area contributed by atoms with Crippen molar-refractivity contribution in [3.05, 3.63) is 21.1 Å². The number of hydrazone groups is 1. The maximum Gasteiger partial charge on any atom is 0.263 e. The third-order valence-electron chi connectivity index (χ3n) is 2.11. The quantitative estimate of drug-likeness (QED) is 0.557. The largest absolute Gasteiger partial charge is 0.296 e. The molecule has 5 nitrogen and oxygen atoms in total. The molecule has 0 bridgehead atoms. The molecule has 1 aliphatic heterocycles. The molecule has 5 heteroatoms. The topological polar surface area (TPSA) is 59.3 Å². The molecule has 1 aromatic rings. The van der Waals surface area contributed by atoms with Gasteiger partial charge in [-0.2, -0.15) is 5.10 Å². The molecule has 0 spiro atoms. The number of anilines is 1. The first-order valence-electron chi connectivity index (χ1n) is 4.17. The lowest BCUT2D eigenvalue weighted by molar-refractivity contribution is 0.776. The van der Waals surface area contributed by atoms with E-state index in [1.807, 2.05) is 6.92 Å². The second-order valence-corrected chi connectivity index (χ2v) is 3.16. The Balaban J connectivity index is 2.94. The fraction of sp³-hybridized carbons (Fsp3) is 0.222. The van der Waals surface area contributed by atoms with Gasteiger partial charge in [0.25, 0.3) is 5.56 Å². The van der Waals surface area contributed by atoms with Gasteiger partial charge in [0.15, 0.2) is 5.82 Å². The van der Waals surface area contributed by atoms with Crippen LogP contribution in [0.25, 0.3) is 12.7 Å². The predicted octanol–water partition coefficient (Wildman–Crippen LogP) is -1.23. The van der Waals surface area contributed by atoms with E-state index in [-0.39, 0.29) is 5.56 Å². The van der Waals surface area contributed by atoms with Crippen LogP contribution in [-0.4, -0.2) is 15.3 Å². The third-order valence-corrected chi connectivity index (χ3v) is 2.11. The third kappa shape index (κ3) is 1.14. The fourth-order valence-corrected chi connectivity index (χ4v) is 1.26. The Bertz CT molecular complexity index is 582. The van der Waals surface area contributed by atoms with E-state index in [0.717, 1.165) is 5.71 Å². The summed E-state index contributed by atoms with van der Waals surface area (Å²) in [6.45, 7) is 5.47. The molecule has 2 heterocycles. The predicted molar refractivity (Wildman–Crippen MR) is 55.4 cm³/mol. The summed E-state index contributed by atoms with van der Waals surface area (Å²) >= 11 is 0. The van der Waals surface area contributed by atoms with Gasteiger partial charge in [0.1, 0.15) is 5.48 Å². The molecule has 0 saturated heterocycles. The number of hydrogen-bond donors (Lipinski definition) is 1. The molecule has 0 amide bonds. The number of hydrogen-bond acceptors (Lipinski definition) is 4. The summed E-state index contributed by atoms with van der Waals surface area (Å²) in [5.41, 5.74) is 3.78. The molecule has 0 unspecified atom stereocenters. The highest BCUT2D eigenvalue weighted by atomic mass is 16.1. The van der Waals surface area contributed by atoms with Crippen molar-refractivity contribution in [2.75, 3.05) is 5.43 Å². The van der Waals surface area contributed by atoms with Gasteiger partial charge in [-0.25, -0.2) is 4.98 Å². The van der Waals surface area contributed by atoms with E-state index in [9.17, 15) is 4.79 Å². The Morgan fingerprint density at radius 2 is 2.29 bits per heavy atom. The number of nitrogens with zero attached hydrogens (tertiary/aromatic N) is 3. The first-order valence-corrected chi connectivity index (χ1v) is 4.17. The highest BCUT2D eigenvalue weighted by Crippen LogP contribution is 1.94.